The van der Waals surface area contributed by atoms with Crippen LogP contribution in [0.2, 0.25) is 0 Å². The van der Waals surface area contributed by atoms with Gasteiger partial charge in [0.15, 0.2) is 0 Å². The molecule has 14 heteroatoms. The molecule has 0 saturated carbocycles. The summed E-state index contributed by atoms with van der Waals surface area (Å²) in [5.41, 5.74) is -0.478. The molecule has 2 fully saturated rings. The standard InChI is InChI=1S/C29H37BN4O9/c1-17(2)14-22(30-41-23(36)15-29(43-30,16-24(37)42-30)28(40)34(4)5)32-27(39)25(18(3)35)33-26(38)21-13-9-12-20(31-21)19-10-7-6-8-11-19/h6-13,17-18,22,25,35,41H,14-16H2,1-5H3,(H,32,39)(H,33,38)/t18-,22+,25+,29+,30?/m1/s1. The van der Waals surface area contributed by atoms with Gasteiger partial charge in [0.05, 0.1) is 18.2 Å². The lowest BCUT2D eigenvalue weighted by atomic mass is 9.61. The Morgan fingerprint density at radius 3 is 2.37 bits per heavy atom. The number of aliphatic carboxylic acids is 1. The highest BCUT2D eigenvalue weighted by Crippen LogP contribution is 2.40. The number of benzene rings is 1. The predicted octanol–water partition coefficient (Wildman–Crippen LogP) is 0.486. The molecule has 0 spiro atoms. The average molecular weight is 596 g/mol. The number of carbonyl (C=O) groups is 5. The third kappa shape index (κ3) is 6.86. The summed E-state index contributed by atoms with van der Waals surface area (Å²) < 4.78 is 15.7. The van der Waals surface area contributed by atoms with E-state index >= 15 is 0 Å². The minimum absolute atomic E-state index is 0.0192. The number of nitrogens with zero attached hydrogens (tertiary/aromatic N) is 2. The van der Waals surface area contributed by atoms with Crippen LogP contribution in [0.4, 0.5) is 0 Å². The van der Waals surface area contributed by atoms with Crippen molar-refractivity contribution in [2.24, 2.45) is 5.92 Å². The van der Waals surface area contributed by atoms with Crippen LogP contribution in [0.5, 0.6) is 0 Å². The zero-order chi connectivity index (χ0) is 31.5. The van der Waals surface area contributed by atoms with Crippen LogP contribution in [0.1, 0.15) is 50.5 Å². The number of carbonyl (C=O) groups excluding carboxylic acids is 4. The summed E-state index contributed by atoms with van der Waals surface area (Å²) in [6.45, 7) is 1.78. The normalized spacial score (nSPS) is 23.3. The third-order valence-corrected chi connectivity index (χ3v) is 7.35. The van der Waals surface area contributed by atoms with Crippen LogP contribution < -0.4 is 10.6 Å². The second kappa shape index (κ2) is 12.5. The number of aromatic nitrogens is 1. The maximum atomic E-state index is 13.6. The van der Waals surface area contributed by atoms with Crippen molar-refractivity contribution in [2.75, 3.05) is 14.1 Å². The molecule has 1 aromatic carbocycles. The van der Waals surface area contributed by atoms with Crippen molar-refractivity contribution in [1.29, 1.82) is 0 Å². The Hall–Kier alpha value is -4.30. The predicted molar refractivity (Wildman–Crippen MR) is 155 cm³/mol. The molecule has 3 heterocycles. The number of amides is 3. The zero-order valence-electron chi connectivity index (χ0n) is 24.8. The van der Waals surface area contributed by atoms with Crippen molar-refractivity contribution < 1.29 is 43.0 Å². The zero-order valence-corrected chi connectivity index (χ0v) is 24.8. The van der Waals surface area contributed by atoms with Gasteiger partial charge in [-0.1, -0.05) is 56.7 Å². The Balaban J connectivity index is 1.60. The molecule has 2 saturated heterocycles. The van der Waals surface area contributed by atoms with Gasteiger partial charge in [0, 0.05) is 30.4 Å². The SMILES string of the molecule is CC(C)C[C@H](NC(=O)[C@@H](NC(=O)c1cccc(-c2ccccc2)n1)[C@@H](C)O)[B-]12OC(=O)C[C@](C(=O)N(C)C)(CC(=O)[OH+]1)O2. The summed E-state index contributed by atoms with van der Waals surface area (Å²) in [6, 6.07) is 12.6. The Kier molecular flexibility index (Phi) is 9.21. The first-order valence-electron chi connectivity index (χ1n) is 14.1. The van der Waals surface area contributed by atoms with Gasteiger partial charge >= 0.3 is 12.7 Å². The number of rotatable bonds is 10. The highest BCUT2D eigenvalue weighted by atomic mass is 16.8. The molecule has 1 aromatic heterocycles. The monoisotopic (exact) mass is 596 g/mol. The van der Waals surface area contributed by atoms with E-state index in [2.05, 4.69) is 20.3 Å². The van der Waals surface area contributed by atoms with E-state index in [1.165, 1.54) is 32.0 Å². The fourth-order valence-corrected chi connectivity index (χ4v) is 5.43. The summed E-state index contributed by atoms with van der Waals surface area (Å²) >= 11 is 0. The first-order chi connectivity index (χ1) is 20.2. The number of fused-ring (bicyclic) bond motifs is 2. The van der Waals surface area contributed by atoms with Crippen molar-refractivity contribution in [2.45, 2.75) is 63.7 Å². The topological polar surface area (TPSA) is 177 Å². The van der Waals surface area contributed by atoms with Crippen molar-refractivity contribution in [1.82, 2.24) is 20.5 Å². The smallest absolute Gasteiger partial charge is 0.594 e. The maximum Gasteiger partial charge on any atom is 0.594 e. The average Bonchev–Trinajstić information content (AvgIpc) is 2.94. The molecule has 0 radical (unpaired) electrons. The van der Waals surface area contributed by atoms with E-state index in [4.69, 9.17) is 9.31 Å². The molecule has 0 aliphatic carbocycles. The Bertz CT molecular complexity index is 1380. The van der Waals surface area contributed by atoms with Crippen LogP contribution in [-0.4, -0.2) is 93.8 Å². The molecule has 4 N–H and O–H groups in total. The van der Waals surface area contributed by atoms with Crippen LogP contribution in [-0.2, 0) is 28.5 Å². The van der Waals surface area contributed by atoms with E-state index < -0.39 is 72.9 Å². The molecule has 1 unspecified atom stereocenters. The second-order valence-corrected chi connectivity index (χ2v) is 11.6. The third-order valence-electron chi connectivity index (χ3n) is 7.35. The first-order valence-corrected chi connectivity index (χ1v) is 14.1. The molecule has 43 heavy (non-hydrogen) atoms. The quantitative estimate of drug-likeness (QED) is 0.260. The van der Waals surface area contributed by atoms with Gasteiger partial charge in [-0.25, -0.2) is 4.98 Å². The van der Waals surface area contributed by atoms with Crippen LogP contribution in [0, 0.1) is 5.92 Å². The highest BCUT2D eigenvalue weighted by molar-refractivity contribution is 6.66. The second-order valence-electron chi connectivity index (χ2n) is 11.6. The summed E-state index contributed by atoms with van der Waals surface area (Å²) in [7, 11) is 2.94. The Labute approximate surface area is 249 Å². The lowest BCUT2D eigenvalue weighted by molar-refractivity contribution is -0.204. The Morgan fingerprint density at radius 1 is 1.05 bits per heavy atom. The van der Waals surface area contributed by atoms with E-state index in [0.29, 0.717) is 5.69 Å². The molecular formula is C29H37BN4O9. The van der Waals surface area contributed by atoms with Crippen LogP contribution in [0.3, 0.4) is 0 Å². The minimum atomic E-state index is -3.21. The highest BCUT2D eigenvalue weighted by Gasteiger charge is 2.65. The number of hydrogen-bond donors (Lipinski definition) is 3. The molecule has 5 atom stereocenters. The lowest BCUT2D eigenvalue weighted by Gasteiger charge is -2.56. The number of carboxylic acids is 1. The largest absolute Gasteiger partial charge is 0.717 e. The Morgan fingerprint density at radius 2 is 1.74 bits per heavy atom. The number of aliphatic hydroxyl groups is 1. The van der Waals surface area contributed by atoms with Crippen LogP contribution in [0.15, 0.2) is 48.5 Å². The van der Waals surface area contributed by atoms with E-state index in [9.17, 15) is 29.1 Å². The van der Waals surface area contributed by atoms with Crippen molar-refractivity contribution in [3.05, 3.63) is 54.2 Å². The molecule has 230 valence electrons. The number of likely N-dealkylation sites (N-methyl/N-ethyl adjacent to an activating group) is 1. The van der Waals surface area contributed by atoms with Gasteiger partial charge in [-0.2, -0.15) is 0 Å². The van der Waals surface area contributed by atoms with E-state index in [1.807, 2.05) is 44.2 Å². The molecule has 13 nitrogen and oxygen atoms in total. The fourth-order valence-electron chi connectivity index (χ4n) is 5.43. The summed E-state index contributed by atoms with van der Waals surface area (Å²) in [6.07, 6.45) is -2.17. The van der Waals surface area contributed by atoms with E-state index in [0.717, 1.165) is 5.56 Å². The van der Waals surface area contributed by atoms with E-state index in [-0.39, 0.29) is 18.0 Å². The van der Waals surface area contributed by atoms with Gasteiger partial charge in [-0.05, 0) is 25.0 Å². The fraction of sp³-hybridized carbons (Fsp3) is 0.448. The summed E-state index contributed by atoms with van der Waals surface area (Å²) in [5, 5.41) is 15.7. The summed E-state index contributed by atoms with van der Waals surface area (Å²) in [5.74, 6) is -4.97. The van der Waals surface area contributed by atoms with Gasteiger partial charge < -0.3 is 34.6 Å². The molecular weight excluding hydrogens is 559 g/mol. The van der Waals surface area contributed by atoms with Gasteiger partial charge in [0.1, 0.15) is 23.8 Å². The lowest BCUT2D eigenvalue weighted by Crippen LogP contribution is -2.77. The van der Waals surface area contributed by atoms with Gasteiger partial charge in [-0.3, -0.25) is 19.2 Å². The van der Waals surface area contributed by atoms with Crippen molar-refractivity contribution >= 4 is 36.4 Å². The molecule has 4 rings (SSSR count). The van der Waals surface area contributed by atoms with Gasteiger partial charge in [0.2, 0.25) is 5.91 Å². The number of aliphatic hydroxyl groups excluding tert-OH is 1. The molecule has 2 aromatic rings. The van der Waals surface area contributed by atoms with Crippen molar-refractivity contribution in [3.63, 3.8) is 0 Å². The minimum Gasteiger partial charge on any atom is -0.717 e. The first kappa shape index (κ1) is 31.6. The van der Waals surface area contributed by atoms with Gasteiger partial charge in [-0.15, -0.1) is 0 Å². The maximum absolute atomic E-state index is 13.6. The number of pyridine rings is 1. The molecule has 2 bridgehead atoms. The number of nitrogens with one attached hydrogen (secondary N) is 2. The summed E-state index contributed by atoms with van der Waals surface area (Å²) in [4.78, 5) is 71.2. The van der Waals surface area contributed by atoms with Crippen molar-refractivity contribution in [3.8, 4) is 11.3 Å². The molecule has 2 aliphatic rings. The van der Waals surface area contributed by atoms with E-state index in [1.54, 1.807) is 12.1 Å². The number of hydrogen-bond acceptors (Lipinski definition) is 9. The van der Waals surface area contributed by atoms with Gasteiger partial charge in [0.25, 0.3) is 17.8 Å². The van der Waals surface area contributed by atoms with Crippen LogP contribution >= 0.6 is 0 Å². The molecule has 3 amide bonds. The molecule has 2 aliphatic heterocycles. The van der Waals surface area contributed by atoms with Crippen LogP contribution in [0.25, 0.3) is 11.3 Å².